The van der Waals surface area contributed by atoms with E-state index in [1.807, 2.05) is 0 Å². The highest BCUT2D eigenvalue weighted by Crippen LogP contribution is 2.44. The smallest absolute Gasteiger partial charge is 0.142 e. The van der Waals surface area contributed by atoms with Crippen LogP contribution in [0.3, 0.4) is 0 Å². The van der Waals surface area contributed by atoms with Crippen molar-refractivity contribution in [2.45, 2.75) is 51.1 Å². The Labute approximate surface area is 163 Å². The number of thiophene rings is 1. The molecule has 2 nitrogen and oxygen atoms in total. The van der Waals surface area contributed by atoms with E-state index in [2.05, 4.69) is 30.1 Å². The van der Waals surface area contributed by atoms with Crippen LogP contribution >= 0.6 is 22.9 Å². The van der Waals surface area contributed by atoms with Gasteiger partial charge in [0.15, 0.2) is 0 Å². The lowest BCUT2D eigenvalue weighted by Gasteiger charge is -2.41. The number of hydrogen-bond donors (Lipinski definition) is 1. The molecular formula is C21H24ClFN2S. The van der Waals surface area contributed by atoms with Crippen LogP contribution in [0.5, 0.6) is 0 Å². The van der Waals surface area contributed by atoms with Crippen LogP contribution in [0.1, 0.15) is 44.4 Å². The summed E-state index contributed by atoms with van der Waals surface area (Å²) in [7, 11) is 0. The summed E-state index contributed by atoms with van der Waals surface area (Å²) in [6.07, 6.45) is 4.91. The van der Waals surface area contributed by atoms with E-state index in [0.29, 0.717) is 6.04 Å². The first-order valence-electron chi connectivity index (χ1n) is 9.56. The van der Waals surface area contributed by atoms with Gasteiger partial charge in [-0.3, -0.25) is 4.90 Å². The van der Waals surface area contributed by atoms with Gasteiger partial charge in [-0.2, -0.15) is 0 Å². The Bertz CT molecular complexity index is 871. The third-order valence-electron chi connectivity index (χ3n) is 6.69. The van der Waals surface area contributed by atoms with Crippen molar-refractivity contribution in [2.75, 3.05) is 13.1 Å². The molecule has 3 atom stereocenters. The van der Waals surface area contributed by atoms with Crippen LogP contribution in [0, 0.1) is 11.7 Å². The van der Waals surface area contributed by atoms with Gasteiger partial charge < -0.3 is 5.32 Å². The van der Waals surface area contributed by atoms with Crippen LogP contribution in [0.25, 0.3) is 15.8 Å². The minimum absolute atomic E-state index is 0.185. The predicted molar refractivity (Wildman–Crippen MR) is 108 cm³/mol. The quantitative estimate of drug-likeness (QED) is 0.727. The van der Waals surface area contributed by atoms with Gasteiger partial charge in [-0.25, -0.2) is 4.39 Å². The maximum Gasteiger partial charge on any atom is 0.142 e. The average molecular weight is 391 g/mol. The molecule has 2 bridgehead atoms. The van der Waals surface area contributed by atoms with Crippen molar-refractivity contribution in [3.8, 4) is 0 Å². The van der Waals surface area contributed by atoms with E-state index < -0.39 is 0 Å². The highest BCUT2D eigenvalue weighted by atomic mass is 35.5. The van der Waals surface area contributed by atoms with Crippen molar-refractivity contribution >= 4 is 38.7 Å². The van der Waals surface area contributed by atoms with Gasteiger partial charge in [-0.1, -0.05) is 11.6 Å². The van der Waals surface area contributed by atoms with Gasteiger partial charge in [-0.05, 0) is 81.2 Å². The van der Waals surface area contributed by atoms with Gasteiger partial charge in [0.2, 0.25) is 0 Å². The van der Waals surface area contributed by atoms with E-state index in [9.17, 15) is 4.39 Å². The molecular weight excluding hydrogens is 367 g/mol. The first-order valence-corrected chi connectivity index (χ1v) is 10.8. The van der Waals surface area contributed by atoms with E-state index >= 15 is 0 Å². The minimum atomic E-state index is -0.337. The fourth-order valence-electron chi connectivity index (χ4n) is 4.91. The fourth-order valence-corrected chi connectivity index (χ4v) is 6.28. The molecule has 0 amide bonds. The van der Waals surface area contributed by atoms with Crippen molar-refractivity contribution in [3.63, 3.8) is 0 Å². The van der Waals surface area contributed by atoms with E-state index in [0.717, 1.165) is 16.0 Å². The highest BCUT2D eigenvalue weighted by Gasteiger charge is 2.51. The third-order valence-corrected chi connectivity index (χ3v) is 8.09. The molecule has 5 heteroatoms. The summed E-state index contributed by atoms with van der Waals surface area (Å²) in [6.45, 7) is 7.17. The van der Waals surface area contributed by atoms with E-state index in [1.54, 1.807) is 23.5 Å². The number of nitrogens with zero attached hydrogens (tertiary/aromatic N) is 1. The Hall–Kier alpha value is -1.10. The van der Waals surface area contributed by atoms with Gasteiger partial charge in [0, 0.05) is 22.8 Å². The Morgan fingerprint density at radius 2 is 2.12 bits per heavy atom. The number of nitrogens with one attached hydrogen (secondary N) is 1. The number of halogens is 2. The Morgan fingerprint density at radius 1 is 1.31 bits per heavy atom. The summed E-state index contributed by atoms with van der Waals surface area (Å²) in [4.78, 5) is 3.85. The molecule has 3 aliphatic rings. The van der Waals surface area contributed by atoms with Gasteiger partial charge in [0.25, 0.3) is 0 Å². The third kappa shape index (κ3) is 2.53. The van der Waals surface area contributed by atoms with Crippen molar-refractivity contribution in [2.24, 2.45) is 5.92 Å². The zero-order valence-electron chi connectivity index (χ0n) is 15.2. The molecule has 1 saturated carbocycles. The molecule has 2 saturated heterocycles. The minimum Gasteiger partial charge on any atom is -0.379 e. The van der Waals surface area contributed by atoms with Gasteiger partial charge >= 0.3 is 0 Å². The van der Waals surface area contributed by atoms with Gasteiger partial charge in [0.1, 0.15) is 5.82 Å². The zero-order chi connectivity index (χ0) is 18.1. The Morgan fingerprint density at radius 3 is 2.77 bits per heavy atom. The lowest BCUT2D eigenvalue weighted by atomic mass is 9.83. The van der Waals surface area contributed by atoms with Crippen LogP contribution < -0.4 is 5.32 Å². The molecule has 2 aliphatic heterocycles. The second kappa shape index (κ2) is 5.95. The van der Waals surface area contributed by atoms with Crippen molar-refractivity contribution in [3.05, 3.63) is 39.5 Å². The van der Waals surface area contributed by atoms with Crippen LogP contribution in [0.4, 0.5) is 4.39 Å². The topological polar surface area (TPSA) is 15.3 Å². The molecule has 0 spiro atoms. The highest BCUT2D eigenvalue weighted by molar-refractivity contribution is 7.20. The molecule has 1 aromatic heterocycles. The lowest BCUT2D eigenvalue weighted by molar-refractivity contribution is 0.141. The number of benzene rings is 1. The summed E-state index contributed by atoms with van der Waals surface area (Å²) in [6, 6.07) is 5.93. The molecule has 3 heterocycles. The van der Waals surface area contributed by atoms with Crippen LogP contribution in [0.15, 0.2) is 23.8 Å². The number of allylic oxidation sites excluding steroid dienone is 1. The maximum absolute atomic E-state index is 13.9. The molecule has 2 aromatic rings. The van der Waals surface area contributed by atoms with Crippen molar-refractivity contribution in [1.29, 1.82) is 0 Å². The summed E-state index contributed by atoms with van der Waals surface area (Å²) in [5, 5.41) is 5.12. The van der Waals surface area contributed by atoms with Crippen molar-refractivity contribution < 1.29 is 4.39 Å². The molecule has 1 aliphatic carbocycles. The Balaban J connectivity index is 1.54. The largest absolute Gasteiger partial charge is 0.379 e. The summed E-state index contributed by atoms with van der Waals surface area (Å²) in [5.41, 5.74) is 3.02. The van der Waals surface area contributed by atoms with Crippen LogP contribution in [-0.4, -0.2) is 29.6 Å². The first kappa shape index (κ1) is 17.0. The number of rotatable bonds is 3. The van der Waals surface area contributed by atoms with Gasteiger partial charge in [0.05, 0.1) is 15.6 Å². The second-order valence-corrected chi connectivity index (χ2v) is 10.0. The molecule has 1 N–H and O–H groups in total. The molecule has 26 heavy (non-hydrogen) atoms. The monoisotopic (exact) mass is 390 g/mol. The summed E-state index contributed by atoms with van der Waals surface area (Å²) >= 11 is 7.72. The van der Waals surface area contributed by atoms with Crippen LogP contribution in [-0.2, 0) is 0 Å². The molecule has 5 rings (SSSR count). The molecule has 138 valence electrons. The fraction of sp³-hybridized carbons (Fsp3) is 0.524. The number of piperidine rings is 1. The van der Waals surface area contributed by atoms with Gasteiger partial charge in [-0.15, -0.1) is 11.3 Å². The molecule has 1 aromatic carbocycles. The normalized spacial score (nSPS) is 29.2. The molecule has 0 radical (unpaired) electrons. The van der Waals surface area contributed by atoms with Crippen molar-refractivity contribution in [1.82, 2.24) is 10.2 Å². The van der Waals surface area contributed by atoms with E-state index in [-0.39, 0.29) is 16.4 Å². The standard InChI is InChI=1S/C21H24ClFN2S/c1-21(2)20(13-6-7-25(21)11-13)24-19(12-4-3-5-12)18-9-14-8-16(23)15(22)10-17(14)26-18/h8-10,13,20,24H,3-7,11H2,1-2H3. The average Bonchev–Trinajstić information content (AvgIpc) is 3.21. The molecule has 3 fully saturated rings. The predicted octanol–water partition coefficient (Wildman–Crippen LogP) is 5.66. The zero-order valence-corrected chi connectivity index (χ0v) is 16.8. The SMILES string of the molecule is CC1(C)C(NC(=C2CCC2)c2cc3cc(F)c(Cl)cc3s2)C2CCN1C2. The number of fused-ring (bicyclic) bond motifs is 3. The van der Waals surface area contributed by atoms with E-state index in [1.165, 1.54) is 54.9 Å². The number of hydrogen-bond acceptors (Lipinski definition) is 3. The summed E-state index contributed by atoms with van der Waals surface area (Å²) < 4.78 is 14.9. The molecule has 3 unspecified atom stereocenters. The van der Waals surface area contributed by atoms with Crippen LogP contribution in [0.2, 0.25) is 5.02 Å². The Kier molecular flexibility index (Phi) is 3.90. The maximum atomic E-state index is 13.9. The second-order valence-electron chi connectivity index (χ2n) is 8.52. The van der Waals surface area contributed by atoms with E-state index in [4.69, 9.17) is 11.6 Å². The first-order chi connectivity index (χ1) is 12.4. The lowest BCUT2D eigenvalue weighted by Crippen LogP contribution is -2.54. The summed E-state index contributed by atoms with van der Waals surface area (Å²) in [5.74, 6) is 0.387.